The molecule has 2 aliphatic carbocycles. The Hall–Kier alpha value is -0.860. The molecule has 0 aromatic carbocycles. The van der Waals surface area contributed by atoms with Crippen LogP contribution in [0, 0.1) is 35.0 Å². The largest absolute Gasteiger partial charge is 0.469 e. The zero-order chi connectivity index (χ0) is 13.5. The predicted molar refractivity (Wildman–Crippen MR) is 68.8 cm³/mol. The average molecular weight is 252 g/mol. The maximum Gasteiger partial charge on any atom is 0.308 e. The van der Waals surface area contributed by atoms with Crippen LogP contribution in [-0.2, 0) is 14.3 Å². The molecule has 0 aromatic heterocycles. The van der Waals surface area contributed by atoms with Crippen LogP contribution < -0.4 is 0 Å². The summed E-state index contributed by atoms with van der Waals surface area (Å²) in [6.07, 6.45) is 3.71. The maximum atomic E-state index is 11.9. The molecule has 0 amide bonds. The number of carbonyl (C=O) groups is 2. The summed E-state index contributed by atoms with van der Waals surface area (Å²) < 4.78 is 4.95. The lowest BCUT2D eigenvalue weighted by Gasteiger charge is -2.23. The van der Waals surface area contributed by atoms with Crippen LogP contribution >= 0.6 is 0 Å². The van der Waals surface area contributed by atoms with Gasteiger partial charge < -0.3 is 9.53 Å². The molecule has 2 aliphatic rings. The highest BCUT2D eigenvalue weighted by atomic mass is 16.5. The van der Waals surface area contributed by atoms with Crippen molar-refractivity contribution in [3.63, 3.8) is 0 Å². The monoisotopic (exact) mass is 252 g/mol. The minimum atomic E-state index is -0.0584. The van der Waals surface area contributed by atoms with Crippen LogP contribution in [0.15, 0.2) is 0 Å². The number of hydrogen-bond acceptors (Lipinski definition) is 3. The molecule has 0 saturated heterocycles. The molecule has 5 atom stereocenters. The first-order valence-corrected chi connectivity index (χ1v) is 6.96. The molecule has 0 aromatic rings. The van der Waals surface area contributed by atoms with E-state index in [9.17, 15) is 9.59 Å². The fourth-order valence-electron chi connectivity index (χ4n) is 4.36. The Morgan fingerprint density at radius 2 is 2.06 bits per heavy atom. The number of esters is 1. The molecule has 3 heteroatoms. The molecule has 3 nitrogen and oxygen atoms in total. The molecule has 0 aliphatic heterocycles. The van der Waals surface area contributed by atoms with Gasteiger partial charge in [0.1, 0.15) is 6.29 Å². The summed E-state index contributed by atoms with van der Waals surface area (Å²) in [6, 6.07) is 0. The fourth-order valence-corrected chi connectivity index (χ4v) is 4.36. The van der Waals surface area contributed by atoms with Crippen molar-refractivity contribution < 1.29 is 14.3 Å². The zero-order valence-corrected chi connectivity index (χ0v) is 11.8. The Kier molecular flexibility index (Phi) is 3.52. The van der Waals surface area contributed by atoms with Crippen molar-refractivity contribution in [3.05, 3.63) is 0 Å². The summed E-state index contributed by atoms with van der Waals surface area (Å²) in [5.74, 6) is 1.91. The van der Waals surface area contributed by atoms with Gasteiger partial charge >= 0.3 is 5.97 Å². The molecule has 0 spiro atoms. The van der Waals surface area contributed by atoms with Gasteiger partial charge in [-0.1, -0.05) is 20.8 Å². The minimum absolute atomic E-state index is 0.0472. The van der Waals surface area contributed by atoms with Crippen LogP contribution in [0.1, 0.15) is 40.0 Å². The van der Waals surface area contributed by atoms with E-state index in [0.29, 0.717) is 30.1 Å². The van der Waals surface area contributed by atoms with Crippen LogP contribution in [-0.4, -0.2) is 19.4 Å². The quantitative estimate of drug-likeness (QED) is 0.570. The summed E-state index contributed by atoms with van der Waals surface area (Å²) in [5.41, 5.74) is 0.205. The van der Waals surface area contributed by atoms with Crippen molar-refractivity contribution in [1.29, 1.82) is 0 Å². The standard InChI is InChI=1S/C15H24O3/c1-9-5-6-10(14(17)18-4)12(9)13-11(7-8-16)15(13,2)3/h8-13H,5-7H2,1-4H3/t9-,10-,11-,12-,13-/m1/s1. The van der Waals surface area contributed by atoms with Crippen molar-refractivity contribution in [1.82, 2.24) is 0 Å². The van der Waals surface area contributed by atoms with Crippen molar-refractivity contribution >= 4 is 12.3 Å². The van der Waals surface area contributed by atoms with Crippen LogP contribution in [0.2, 0.25) is 0 Å². The van der Waals surface area contributed by atoms with E-state index in [1.165, 1.54) is 7.11 Å². The van der Waals surface area contributed by atoms with Crippen LogP contribution in [0.25, 0.3) is 0 Å². The maximum absolute atomic E-state index is 11.9. The number of methoxy groups -OCH3 is 1. The van der Waals surface area contributed by atoms with Crippen molar-refractivity contribution in [2.45, 2.75) is 40.0 Å². The number of hydrogen-bond donors (Lipinski definition) is 0. The van der Waals surface area contributed by atoms with Gasteiger partial charge in [0, 0.05) is 6.42 Å². The molecule has 0 N–H and O–H groups in total. The first-order chi connectivity index (χ1) is 8.45. The van der Waals surface area contributed by atoms with E-state index in [4.69, 9.17) is 4.74 Å². The second kappa shape index (κ2) is 4.67. The second-order valence-corrected chi connectivity index (χ2v) is 6.62. The number of ether oxygens (including phenoxy) is 1. The van der Waals surface area contributed by atoms with E-state index in [1.807, 2.05) is 0 Å². The minimum Gasteiger partial charge on any atom is -0.469 e. The van der Waals surface area contributed by atoms with E-state index in [0.717, 1.165) is 19.1 Å². The highest BCUT2D eigenvalue weighted by molar-refractivity contribution is 5.73. The van der Waals surface area contributed by atoms with E-state index < -0.39 is 0 Å². The third-order valence-electron chi connectivity index (χ3n) is 5.46. The molecule has 2 rings (SSSR count). The third kappa shape index (κ3) is 1.98. The Morgan fingerprint density at radius 1 is 1.39 bits per heavy atom. The van der Waals surface area contributed by atoms with Gasteiger partial charge in [-0.15, -0.1) is 0 Å². The van der Waals surface area contributed by atoms with Crippen LogP contribution in [0.5, 0.6) is 0 Å². The van der Waals surface area contributed by atoms with Crippen LogP contribution in [0.4, 0.5) is 0 Å². The van der Waals surface area contributed by atoms with Gasteiger partial charge in [-0.05, 0) is 41.9 Å². The summed E-state index contributed by atoms with van der Waals surface area (Å²) in [6.45, 7) is 6.69. The first kappa shape index (κ1) is 13.6. The molecule has 0 bridgehead atoms. The summed E-state index contributed by atoms with van der Waals surface area (Å²) in [7, 11) is 1.48. The number of carbonyl (C=O) groups excluding carboxylic acids is 2. The molecule has 102 valence electrons. The molecule has 0 unspecified atom stereocenters. The molecular formula is C15H24O3. The van der Waals surface area contributed by atoms with Gasteiger partial charge in [-0.2, -0.15) is 0 Å². The summed E-state index contributed by atoms with van der Waals surface area (Å²) >= 11 is 0. The van der Waals surface area contributed by atoms with E-state index in [2.05, 4.69) is 20.8 Å². The Bertz CT molecular complexity index is 348. The normalized spacial score (nSPS) is 41.4. The molecule has 2 fully saturated rings. The molecule has 18 heavy (non-hydrogen) atoms. The smallest absolute Gasteiger partial charge is 0.308 e. The van der Waals surface area contributed by atoms with E-state index >= 15 is 0 Å². The summed E-state index contributed by atoms with van der Waals surface area (Å²) in [4.78, 5) is 22.7. The van der Waals surface area contributed by atoms with Gasteiger partial charge in [0.05, 0.1) is 13.0 Å². The van der Waals surface area contributed by atoms with E-state index in [1.54, 1.807) is 0 Å². The van der Waals surface area contributed by atoms with Gasteiger partial charge in [-0.3, -0.25) is 4.79 Å². The SMILES string of the molecule is COC(=O)[C@@H]1CC[C@@H](C)[C@H]1[C@H]1[C@@H](CC=O)C1(C)C. The van der Waals surface area contributed by atoms with Gasteiger partial charge in [0.2, 0.25) is 0 Å². The lowest BCUT2D eigenvalue weighted by molar-refractivity contribution is -0.147. The van der Waals surface area contributed by atoms with Crippen LogP contribution in [0.3, 0.4) is 0 Å². The third-order valence-corrected chi connectivity index (χ3v) is 5.46. The number of aldehydes is 1. The Labute approximate surface area is 109 Å². The summed E-state index contributed by atoms with van der Waals surface area (Å²) in [5, 5.41) is 0. The van der Waals surface area contributed by atoms with Crippen molar-refractivity contribution in [2.24, 2.45) is 35.0 Å². The molecule has 0 radical (unpaired) electrons. The van der Waals surface area contributed by atoms with Crippen molar-refractivity contribution in [3.8, 4) is 0 Å². The number of rotatable bonds is 4. The predicted octanol–water partition coefficient (Wildman–Crippen LogP) is 2.68. The lowest BCUT2D eigenvalue weighted by Crippen LogP contribution is -2.26. The zero-order valence-electron chi connectivity index (χ0n) is 11.8. The lowest BCUT2D eigenvalue weighted by atomic mass is 9.82. The highest BCUT2D eigenvalue weighted by Gasteiger charge is 2.63. The van der Waals surface area contributed by atoms with Gasteiger partial charge in [-0.25, -0.2) is 0 Å². The van der Waals surface area contributed by atoms with Gasteiger partial charge in [0.25, 0.3) is 0 Å². The highest BCUT2D eigenvalue weighted by Crippen LogP contribution is 2.67. The Balaban J connectivity index is 2.15. The average Bonchev–Trinajstić information content (AvgIpc) is 2.69. The first-order valence-electron chi connectivity index (χ1n) is 6.96. The van der Waals surface area contributed by atoms with E-state index in [-0.39, 0.29) is 17.3 Å². The fraction of sp³-hybridized carbons (Fsp3) is 0.867. The molecular weight excluding hydrogens is 228 g/mol. The molecule has 0 heterocycles. The van der Waals surface area contributed by atoms with Crippen molar-refractivity contribution in [2.75, 3.05) is 7.11 Å². The second-order valence-electron chi connectivity index (χ2n) is 6.62. The Morgan fingerprint density at radius 3 is 2.61 bits per heavy atom. The molecule has 2 saturated carbocycles. The topological polar surface area (TPSA) is 43.4 Å². The van der Waals surface area contributed by atoms with Gasteiger partial charge in [0.15, 0.2) is 0 Å².